The maximum Gasteiger partial charge on any atom is 0.341 e. The van der Waals surface area contributed by atoms with E-state index in [0.29, 0.717) is 21.3 Å². The van der Waals surface area contributed by atoms with Crippen LogP contribution in [0.1, 0.15) is 46.4 Å². The third kappa shape index (κ3) is 3.47. The second kappa shape index (κ2) is 7.36. The van der Waals surface area contributed by atoms with Crippen molar-refractivity contribution in [3.05, 3.63) is 32.9 Å². The lowest BCUT2D eigenvalue weighted by molar-refractivity contribution is -0.119. The number of carbonyl (C=O) groups excluding carboxylic acids is 2. The fraction of sp³-hybridized carbons (Fsp3) is 0.438. The molecule has 0 saturated heterocycles. The van der Waals surface area contributed by atoms with Crippen LogP contribution in [0.15, 0.2) is 6.20 Å². The van der Waals surface area contributed by atoms with Gasteiger partial charge in [0.2, 0.25) is 5.91 Å². The first-order valence-electron chi connectivity index (χ1n) is 7.55. The Bertz CT molecular complexity index is 782. The van der Waals surface area contributed by atoms with Crippen LogP contribution in [-0.2, 0) is 9.53 Å². The van der Waals surface area contributed by atoms with Gasteiger partial charge in [0.05, 0.1) is 29.1 Å². The molecule has 1 atom stereocenters. The molecule has 1 N–H and O–H groups in total. The van der Waals surface area contributed by atoms with Crippen molar-refractivity contribution >= 4 is 39.8 Å². The summed E-state index contributed by atoms with van der Waals surface area (Å²) >= 11 is 7.35. The summed E-state index contributed by atoms with van der Waals surface area (Å²) in [6.07, 6.45) is 1.50. The predicted molar refractivity (Wildman–Crippen MR) is 95.1 cm³/mol. The number of esters is 1. The number of rotatable bonds is 5. The molecular weight excluding hydrogens is 350 g/mol. The monoisotopic (exact) mass is 369 g/mol. The Morgan fingerprint density at radius 1 is 1.42 bits per heavy atom. The fourth-order valence-electron chi connectivity index (χ4n) is 2.28. The van der Waals surface area contributed by atoms with Crippen LogP contribution in [0.3, 0.4) is 0 Å². The van der Waals surface area contributed by atoms with Gasteiger partial charge in [0.25, 0.3) is 0 Å². The zero-order valence-corrected chi connectivity index (χ0v) is 15.8. The van der Waals surface area contributed by atoms with Crippen LogP contribution in [0.25, 0.3) is 0 Å². The van der Waals surface area contributed by atoms with E-state index >= 15 is 0 Å². The highest BCUT2D eigenvalue weighted by atomic mass is 35.5. The van der Waals surface area contributed by atoms with Gasteiger partial charge < -0.3 is 10.1 Å². The van der Waals surface area contributed by atoms with E-state index in [4.69, 9.17) is 16.3 Å². The molecule has 0 saturated carbocycles. The highest BCUT2D eigenvalue weighted by Crippen LogP contribution is 2.33. The minimum atomic E-state index is -0.560. The fourth-order valence-corrected chi connectivity index (χ4v) is 3.47. The molecule has 2 aromatic heterocycles. The van der Waals surface area contributed by atoms with Crippen LogP contribution in [0.5, 0.6) is 0 Å². The standard InChI is InChI=1S/C16H20ClN3O3S/c1-6-23-16(22)13-8(2)11(5)24-15(13)19-14(21)10(4)20-9(3)12(17)7-18-20/h7,10H,6H2,1-5H3,(H,19,21). The summed E-state index contributed by atoms with van der Waals surface area (Å²) in [4.78, 5) is 25.7. The summed E-state index contributed by atoms with van der Waals surface area (Å²) in [5.74, 6) is -0.703. The van der Waals surface area contributed by atoms with Gasteiger partial charge in [0.1, 0.15) is 11.0 Å². The third-order valence-corrected chi connectivity index (χ3v) is 5.33. The second-order valence-electron chi connectivity index (χ2n) is 5.40. The summed E-state index contributed by atoms with van der Waals surface area (Å²) in [6.45, 7) is 9.29. The maximum atomic E-state index is 12.6. The normalized spacial score (nSPS) is 12.1. The van der Waals surface area contributed by atoms with Crippen LogP contribution < -0.4 is 5.32 Å². The summed E-state index contributed by atoms with van der Waals surface area (Å²) < 4.78 is 6.64. The van der Waals surface area contributed by atoms with Crippen molar-refractivity contribution < 1.29 is 14.3 Å². The first-order valence-corrected chi connectivity index (χ1v) is 8.74. The summed E-state index contributed by atoms with van der Waals surface area (Å²) in [7, 11) is 0. The van der Waals surface area contributed by atoms with Gasteiger partial charge in [-0.25, -0.2) is 4.79 Å². The highest BCUT2D eigenvalue weighted by molar-refractivity contribution is 7.16. The van der Waals surface area contributed by atoms with Gasteiger partial charge in [-0.2, -0.15) is 5.10 Å². The topological polar surface area (TPSA) is 73.2 Å². The maximum absolute atomic E-state index is 12.6. The number of amides is 1. The van der Waals surface area contributed by atoms with Crippen LogP contribution in [0.2, 0.25) is 5.02 Å². The van der Waals surface area contributed by atoms with Crippen molar-refractivity contribution in [2.24, 2.45) is 0 Å². The molecule has 1 unspecified atom stereocenters. The van der Waals surface area contributed by atoms with Crippen molar-refractivity contribution in [2.75, 3.05) is 11.9 Å². The Morgan fingerprint density at radius 3 is 2.62 bits per heavy atom. The molecule has 2 aromatic rings. The number of nitrogens with zero attached hydrogens (tertiary/aromatic N) is 2. The van der Waals surface area contributed by atoms with Gasteiger partial charge in [0, 0.05) is 4.88 Å². The molecule has 1 amide bonds. The van der Waals surface area contributed by atoms with Crippen LogP contribution in [0, 0.1) is 20.8 Å². The Morgan fingerprint density at radius 2 is 2.08 bits per heavy atom. The molecule has 24 heavy (non-hydrogen) atoms. The molecule has 0 fully saturated rings. The van der Waals surface area contributed by atoms with E-state index in [2.05, 4.69) is 10.4 Å². The lowest BCUT2D eigenvalue weighted by Crippen LogP contribution is -2.25. The Hall–Kier alpha value is -1.86. The first-order chi connectivity index (χ1) is 11.3. The van der Waals surface area contributed by atoms with Crippen molar-refractivity contribution in [3.8, 4) is 0 Å². The van der Waals surface area contributed by atoms with Crippen LogP contribution in [0.4, 0.5) is 5.00 Å². The molecule has 0 radical (unpaired) electrons. The molecule has 8 heteroatoms. The smallest absolute Gasteiger partial charge is 0.341 e. The lowest BCUT2D eigenvalue weighted by atomic mass is 10.1. The molecule has 0 spiro atoms. The number of thiophene rings is 1. The van der Waals surface area contributed by atoms with E-state index in [1.165, 1.54) is 17.5 Å². The van der Waals surface area contributed by atoms with Crippen LogP contribution in [-0.4, -0.2) is 28.3 Å². The third-order valence-electron chi connectivity index (χ3n) is 3.83. The number of hydrogen-bond donors (Lipinski definition) is 1. The minimum Gasteiger partial charge on any atom is -0.462 e. The summed E-state index contributed by atoms with van der Waals surface area (Å²) in [5, 5.41) is 7.95. The van der Waals surface area contributed by atoms with E-state index in [1.54, 1.807) is 25.5 Å². The van der Waals surface area contributed by atoms with E-state index in [9.17, 15) is 9.59 Å². The van der Waals surface area contributed by atoms with E-state index in [0.717, 1.165) is 10.4 Å². The Balaban J connectivity index is 2.27. The number of carbonyl (C=O) groups is 2. The molecular formula is C16H20ClN3O3S. The van der Waals surface area contributed by atoms with Gasteiger partial charge >= 0.3 is 5.97 Å². The van der Waals surface area contributed by atoms with Crippen molar-refractivity contribution in [3.63, 3.8) is 0 Å². The van der Waals surface area contributed by atoms with Crippen molar-refractivity contribution in [1.29, 1.82) is 0 Å². The second-order valence-corrected chi connectivity index (χ2v) is 7.03. The predicted octanol–water partition coefficient (Wildman–Crippen LogP) is 3.90. The largest absolute Gasteiger partial charge is 0.462 e. The van der Waals surface area contributed by atoms with Gasteiger partial charge in [-0.05, 0) is 40.2 Å². The number of anilines is 1. The number of ether oxygens (including phenoxy) is 1. The minimum absolute atomic E-state index is 0.273. The van der Waals surface area contributed by atoms with Gasteiger partial charge in [0.15, 0.2) is 0 Å². The molecule has 0 bridgehead atoms. The number of aromatic nitrogens is 2. The summed E-state index contributed by atoms with van der Waals surface area (Å²) in [6, 6.07) is -0.560. The molecule has 0 aliphatic heterocycles. The van der Waals surface area contributed by atoms with Gasteiger partial charge in [-0.1, -0.05) is 11.6 Å². The number of halogens is 1. The van der Waals surface area contributed by atoms with Crippen molar-refractivity contribution in [2.45, 2.75) is 40.7 Å². The average Bonchev–Trinajstić information content (AvgIpc) is 2.99. The van der Waals surface area contributed by atoms with Crippen molar-refractivity contribution in [1.82, 2.24) is 9.78 Å². The van der Waals surface area contributed by atoms with E-state index < -0.39 is 12.0 Å². The Kier molecular flexibility index (Phi) is 5.66. The quantitative estimate of drug-likeness (QED) is 0.811. The van der Waals surface area contributed by atoms with E-state index in [1.807, 2.05) is 13.8 Å². The van der Waals surface area contributed by atoms with Crippen LogP contribution >= 0.6 is 22.9 Å². The zero-order valence-electron chi connectivity index (χ0n) is 14.3. The zero-order chi connectivity index (χ0) is 18.0. The lowest BCUT2D eigenvalue weighted by Gasteiger charge is -2.14. The van der Waals surface area contributed by atoms with E-state index in [-0.39, 0.29) is 12.5 Å². The molecule has 0 aromatic carbocycles. The molecule has 2 rings (SSSR count). The number of nitrogens with one attached hydrogen (secondary N) is 1. The molecule has 0 aliphatic rings. The SMILES string of the molecule is CCOC(=O)c1c(NC(=O)C(C)n2ncc(Cl)c2C)sc(C)c1C. The molecule has 2 heterocycles. The number of hydrogen-bond acceptors (Lipinski definition) is 5. The summed E-state index contributed by atoms with van der Waals surface area (Å²) in [5.41, 5.74) is 1.94. The molecule has 6 nitrogen and oxygen atoms in total. The average molecular weight is 370 g/mol. The first kappa shape index (κ1) is 18.5. The Labute approximate surface area is 149 Å². The molecule has 130 valence electrons. The van der Waals surface area contributed by atoms with Gasteiger partial charge in [-0.15, -0.1) is 11.3 Å². The number of aryl methyl sites for hydroxylation is 1. The molecule has 0 aliphatic carbocycles. The van der Waals surface area contributed by atoms with Gasteiger partial charge in [-0.3, -0.25) is 9.48 Å². The highest BCUT2D eigenvalue weighted by Gasteiger charge is 2.25.